The van der Waals surface area contributed by atoms with E-state index >= 15 is 0 Å². The monoisotopic (exact) mass is 422 g/mol. The van der Waals surface area contributed by atoms with E-state index in [-0.39, 0.29) is 18.7 Å². The van der Waals surface area contributed by atoms with Crippen LogP contribution in [-0.2, 0) is 10.3 Å². The van der Waals surface area contributed by atoms with E-state index in [9.17, 15) is 22.8 Å². The number of carbonyl (C=O) groups excluding carboxylic acids is 2. The third kappa shape index (κ3) is 4.48. The number of nitrogens with two attached hydrogens (primary N) is 2. The van der Waals surface area contributed by atoms with Crippen LogP contribution in [0.25, 0.3) is 0 Å². The number of anilines is 1. The van der Waals surface area contributed by atoms with Crippen LogP contribution in [0.15, 0.2) is 48.5 Å². The Balaban J connectivity index is 1.84. The number of hydrogen-bond acceptors (Lipinski definition) is 4. The molecule has 160 valence electrons. The molecule has 1 aliphatic rings. The number of rotatable bonds is 8. The molecule has 7 nitrogen and oxygen atoms in total. The Bertz CT molecular complexity index is 929. The third-order valence-electron chi connectivity index (χ3n) is 4.91. The molecule has 0 aromatic heterocycles. The van der Waals surface area contributed by atoms with Crippen LogP contribution < -0.4 is 26.8 Å². The number of para-hydroxylation sites is 1. The predicted molar refractivity (Wildman–Crippen MR) is 103 cm³/mol. The Morgan fingerprint density at radius 2 is 1.87 bits per heavy atom. The summed E-state index contributed by atoms with van der Waals surface area (Å²) in [5.74, 6) is -2.00. The molecule has 3 atom stereocenters. The van der Waals surface area contributed by atoms with Crippen LogP contribution in [0.5, 0.6) is 5.75 Å². The van der Waals surface area contributed by atoms with Gasteiger partial charge >= 0.3 is 6.03 Å². The largest absolute Gasteiger partial charge is 0.484 e. The van der Waals surface area contributed by atoms with Gasteiger partial charge in [0.1, 0.15) is 17.1 Å². The van der Waals surface area contributed by atoms with Crippen molar-refractivity contribution in [1.29, 1.82) is 0 Å². The fraction of sp³-hybridized carbons (Fsp3) is 0.300. The number of hydrogen-bond donors (Lipinski definition) is 4. The van der Waals surface area contributed by atoms with Gasteiger partial charge in [-0.3, -0.25) is 4.79 Å². The van der Waals surface area contributed by atoms with E-state index in [1.165, 1.54) is 6.07 Å². The van der Waals surface area contributed by atoms with Crippen LogP contribution in [0.4, 0.5) is 23.7 Å². The Kier molecular flexibility index (Phi) is 6.16. The molecule has 1 aliphatic carbocycles. The van der Waals surface area contributed by atoms with Gasteiger partial charge in [0.15, 0.2) is 6.61 Å². The van der Waals surface area contributed by atoms with E-state index in [4.69, 9.17) is 16.2 Å². The lowest BCUT2D eigenvalue weighted by molar-refractivity contribution is -0.118. The highest BCUT2D eigenvalue weighted by atomic mass is 19.3. The number of carbonyl (C=O) groups is 2. The third-order valence-corrected chi connectivity index (χ3v) is 4.91. The minimum absolute atomic E-state index is 0.0542. The van der Waals surface area contributed by atoms with Gasteiger partial charge in [0.2, 0.25) is 0 Å². The first-order chi connectivity index (χ1) is 14.2. The average Bonchev–Trinajstić information content (AvgIpc) is 3.43. The van der Waals surface area contributed by atoms with Crippen LogP contribution in [-0.4, -0.2) is 31.0 Å². The van der Waals surface area contributed by atoms with E-state index in [0.717, 1.165) is 12.1 Å². The minimum atomic E-state index is -3.19. The van der Waals surface area contributed by atoms with E-state index in [2.05, 4.69) is 5.32 Å². The minimum Gasteiger partial charge on any atom is -0.484 e. The normalized spacial score (nSPS) is 19.6. The molecule has 10 heteroatoms. The van der Waals surface area contributed by atoms with E-state index in [1.54, 1.807) is 30.3 Å². The number of alkyl halides is 2. The second kappa shape index (κ2) is 8.62. The number of halogens is 3. The number of urea groups is 1. The Morgan fingerprint density at radius 1 is 1.20 bits per heavy atom. The van der Waals surface area contributed by atoms with Gasteiger partial charge in [0.05, 0.1) is 0 Å². The SMILES string of the molecule is NC(=O)N[C@@](c1cc(NC(=O)COc2ccccc2)ccc1F)(C(F)F)[C@H]1C[C@H]1N. The van der Waals surface area contributed by atoms with Gasteiger partial charge in [-0.2, -0.15) is 0 Å². The number of primary amides is 1. The summed E-state index contributed by atoms with van der Waals surface area (Å²) in [7, 11) is 0. The number of benzene rings is 2. The molecular weight excluding hydrogens is 401 g/mol. The summed E-state index contributed by atoms with van der Waals surface area (Å²) in [6.07, 6.45) is -3.03. The molecule has 2 aromatic rings. The maximum absolute atomic E-state index is 14.6. The molecule has 6 N–H and O–H groups in total. The summed E-state index contributed by atoms with van der Waals surface area (Å²) >= 11 is 0. The first kappa shape index (κ1) is 21.4. The van der Waals surface area contributed by atoms with Crippen LogP contribution in [0.3, 0.4) is 0 Å². The highest BCUT2D eigenvalue weighted by molar-refractivity contribution is 5.92. The van der Waals surface area contributed by atoms with Crippen molar-refractivity contribution in [3.63, 3.8) is 0 Å². The Morgan fingerprint density at radius 3 is 2.43 bits per heavy atom. The van der Waals surface area contributed by atoms with Gasteiger partial charge in [-0.25, -0.2) is 18.0 Å². The molecule has 1 fully saturated rings. The van der Waals surface area contributed by atoms with Crippen LogP contribution in [0.2, 0.25) is 0 Å². The van der Waals surface area contributed by atoms with Crippen molar-refractivity contribution in [2.75, 3.05) is 11.9 Å². The lowest BCUT2D eigenvalue weighted by Gasteiger charge is -2.35. The molecule has 0 heterocycles. The molecule has 0 bridgehead atoms. The highest BCUT2D eigenvalue weighted by Crippen LogP contribution is 2.49. The smallest absolute Gasteiger partial charge is 0.313 e. The second-order valence-electron chi connectivity index (χ2n) is 7.01. The molecule has 0 radical (unpaired) electrons. The molecule has 1 saturated carbocycles. The van der Waals surface area contributed by atoms with Gasteiger partial charge in [0, 0.05) is 23.2 Å². The summed E-state index contributed by atoms with van der Waals surface area (Å²) in [6, 6.07) is 9.88. The first-order valence-electron chi connectivity index (χ1n) is 9.13. The molecule has 3 amide bonds. The summed E-state index contributed by atoms with van der Waals surface area (Å²) in [4.78, 5) is 23.6. The lowest BCUT2D eigenvalue weighted by Crippen LogP contribution is -2.56. The van der Waals surface area contributed by atoms with Gasteiger partial charge < -0.3 is 26.8 Å². The zero-order valence-electron chi connectivity index (χ0n) is 15.8. The van der Waals surface area contributed by atoms with Crippen LogP contribution in [0, 0.1) is 11.7 Å². The fourth-order valence-electron chi connectivity index (χ4n) is 3.42. The van der Waals surface area contributed by atoms with Crippen molar-refractivity contribution in [2.45, 2.75) is 24.4 Å². The fourth-order valence-corrected chi connectivity index (χ4v) is 3.42. The van der Waals surface area contributed by atoms with Gasteiger partial charge in [-0.15, -0.1) is 0 Å². The molecule has 0 aliphatic heterocycles. The van der Waals surface area contributed by atoms with Gasteiger partial charge in [-0.05, 0) is 36.8 Å². The summed E-state index contributed by atoms with van der Waals surface area (Å²) < 4.78 is 48.2. The molecule has 2 aromatic carbocycles. The zero-order chi connectivity index (χ0) is 21.9. The molecule has 30 heavy (non-hydrogen) atoms. The highest BCUT2D eigenvalue weighted by Gasteiger charge is 2.59. The lowest BCUT2D eigenvalue weighted by atomic mass is 9.84. The maximum Gasteiger partial charge on any atom is 0.313 e. The van der Waals surface area contributed by atoms with E-state index in [0.29, 0.717) is 5.75 Å². The van der Waals surface area contributed by atoms with Gasteiger partial charge in [0.25, 0.3) is 12.3 Å². The van der Waals surface area contributed by atoms with E-state index in [1.807, 2.05) is 5.32 Å². The van der Waals surface area contributed by atoms with Crippen molar-refractivity contribution in [1.82, 2.24) is 5.32 Å². The van der Waals surface area contributed by atoms with E-state index < -0.39 is 47.2 Å². The molecule has 0 unspecified atom stereocenters. The molecule has 0 saturated heterocycles. The summed E-state index contributed by atoms with van der Waals surface area (Å²) in [5, 5.41) is 4.46. The van der Waals surface area contributed by atoms with Crippen molar-refractivity contribution >= 4 is 17.6 Å². The Labute approximate surface area is 170 Å². The quantitative estimate of drug-likeness (QED) is 0.522. The van der Waals surface area contributed by atoms with Crippen LogP contribution >= 0.6 is 0 Å². The Hall–Kier alpha value is -3.27. The topological polar surface area (TPSA) is 119 Å². The molecular formula is C20H21F3N4O3. The average molecular weight is 422 g/mol. The predicted octanol–water partition coefficient (Wildman–Crippen LogP) is 2.32. The number of ether oxygens (including phenoxy) is 1. The van der Waals surface area contributed by atoms with Crippen LogP contribution in [0.1, 0.15) is 12.0 Å². The van der Waals surface area contributed by atoms with Crippen molar-refractivity contribution < 1.29 is 27.5 Å². The summed E-state index contributed by atoms with van der Waals surface area (Å²) in [5.41, 5.74) is 7.97. The number of amides is 3. The van der Waals surface area contributed by atoms with Crippen molar-refractivity contribution in [3.8, 4) is 5.75 Å². The van der Waals surface area contributed by atoms with Crippen molar-refractivity contribution in [3.05, 3.63) is 59.9 Å². The molecule has 0 spiro atoms. The van der Waals surface area contributed by atoms with Gasteiger partial charge in [-0.1, -0.05) is 18.2 Å². The maximum atomic E-state index is 14.6. The van der Waals surface area contributed by atoms with Crippen molar-refractivity contribution in [2.24, 2.45) is 17.4 Å². The zero-order valence-corrected chi connectivity index (χ0v) is 15.8. The standard InChI is InChI=1S/C20H21F3N4O3/c21-15-7-6-11(26-17(28)10-30-12-4-2-1-3-5-12)8-13(15)20(18(22)23,27-19(25)29)14-9-16(14)24/h1-8,14,16,18H,9-10,24H2,(H,26,28)(H3,25,27,29)/t14-,16+,20+/m0/s1. The molecule has 3 rings (SSSR count). The first-order valence-corrected chi connectivity index (χ1v) is 9.13. The summed E-state index contributed by atoms with van der Waals surface area (Å²) in [6.45, 7) is -0.344. The second-order valence-corrected chi connectivity index (χ2v) is 7.01. The number of nitrogens with one attached hydrogen (secondary N) is 2.